The van der Waals surface area contributed by atoms with Gasteiger partial charge in [-0.2, -0.15) is 0 Å². The Morgan fingerprint density at radius 2 is 1.83 bits per heavy atom. The van der Waals surface area contributed by atoms with Crippen LogP contribution in [0.5, 0.6) is 0 Å². The summed E-state index contributed by atoms with van der Waals surface area (Å²) >= 11 is 1.68. The third-order valence-electron chi connectivity index (χ3n) is 5.41. The molecule has 2 atom stereocenters. The maximum atomic E-state index is 13.0. The van der Waals surface area contributed by atoms with Gasteiger partial charge in [-0.15, -0.1) is 11.3 Å². The molecule has 1 aliphatic carbocycles. The van der Waals surface area contributed by atoms with Crippen molar-refractivity contribution in [2.24, 2.45) is 5.92 Å². The highest BCUT2D eigenvalue weighted by Crippen LogP contribution is 2.36. The minimum absolute atomic E-state index is 0.250. The summed E-state index contributed by atoms with van der Waals surface area (Å²) in [6.45, 7) is 0.941. The van der Waals surface area contributed by atoms with Crippen molar-refractivity contribution in [3.8, 4) is 10.4 Å². The molecule has 2 fully saturated rings. The van der Waals surface area contributed by atoms with Crippen molar-refractivity contribution in [1.82, 2.24) is 4.90 Å². The molecule has 0 radical (unpaired) electrons. The molecule has 1 aromatic heterocycles. The Hall–Kier alpha value is -1.61. The zero-order valence-corrected chi connectivity index (χ0v) is 14.2. The van der Waals surface area contributed by atoms with Gasteiger partial charge in [0.1, 0.15) is 0 Å². The summed E-state index contributed by atoms with van der Waals surface area (Å²) in [5.74, 6) is 0.994. The molecule has 0 N–H and O–H groups in total. The van der Waals surface area contributed by atoms with Crippen LogP contribution in [0.15, 0.2) is 41.8 Å². The monoisotopic (exact) mass is 325 g/mol. The highest BCUT2D eigenvalue weighted by Gasteiger charge is 2.36. The van der Waals surface area contributed by atoms with Crippen LogP contribution in [-0.4, -0.2) is 23.4 Å². The third-order valence-corrected chi connectivity index (χ3v) is 6.39. The standard InChI is InChI=1S/C20H23NOS/c22-20(21-12-6-10-15-7-4-5-11-18(15)21)17-13-19(23-14-17)16-8-2-1-3-9-16/h1-3,8-9,13-15,18H,4-7,10-12H2. The first-order chi connectivity index (χ1) is 11.3. The molecule has 23 heavy (non-hydrogen) atoms. The smallest absolute Gasteiger partial charge is 0.254 e. The number of rotatable bonds is 2. The molecular formula is C20H23NOS. The van der Waals surface area contributed by atoms with Gasteiger partial charge in [-0.05, 0) is 43.2 Å². The van der Waals surface area contributed by atoms with Gasteiger partial charge in [-0.3, -0.25) is 4.79 Å². The summed E-state index contributed by atoms with van der Waals surface area (Å²) in [7, 11) is 0. The fraction of sp³-hybridized carbons (Fsp3) is 0.450. The average molecular weight is 325 g/mol. The lowest BCUT2D eigenvalue weighted by Crippen LogP contribution is -2.49. The van der Waals surface area contributed by atoms with E-state index in [-0.39, 0.29) is 5.91 Å². The molecule has 1 saturated heterocycles. The summed E-state index contributed by atoms with van der Waals surface area (Å²) in [5, 5.41) is 2.04. The molecule has 2 aromatic rings. The van der Waals surface area contributed by atoms with Crippen LogP contribution in [0.25, 0.3) is 10.4 Å². The molecule has 2 nitrogen and oxygen atoms in total. The number of benzene rings is 1. The van der Waals surface area contributed by atoms with E-state index in [0.29, 0.717) is 6.04 Å². The summed E-state index contributed by atoms with van der Waals surface area (Å²) in [6.07, 6.45) is 7.62. The Bertz CT molecular complexity index is 676. The van der Waals surface area contributed by atoms with Gasteiger partial charge in [0.05, 0.1) is 5.56 Å². The number of nitrogens with zero attached hydrogens (tertiary/aromatic N) is 1. The molecule has 4 rings (SSSR count). The van der Waals surface area contributed by atoms with Crippen molar-refractivity contribution >= 4 is 17.2 Å². The van der Waals surface area contributed by atoms with Crippen LogP contribution in [0.4, 0.5) is 0 Å². The number of piperidine rings is 1. The van der Waals surface area contributed by atoms with Gasteiger partial charge in [0.25, 0.3) is 5.91 Å². The lowest BCUT2D eigenvalue weighted by atomic mass is 9.78. The van der Waals surface area contributed by atoms with Gasteiger partial charge in [-0.25, -0.2) is 0 Å². The summed E-state index contributed by atoms with van der Waals surface area (Å²) in [6, 6.07) is 12.9. The lowest BCUT2D eigenvalue weighted by molar-refractivity contribution is 0.0391. The number of carbonyl (C=O) groups excluding carboxylic acids is 1. The Labute approximate surface area is 142 Å². The summed E-state index contributed by atoms with van der Waals surface area (Å²) in [4.78, 5) is 16.4. The molecule has 2 heterocycles. The number of hydrogen-bond acceptors (Lipinski definition) is 2. The normalized spacial score (nSPS) is 24.3. The van der Waals surface area contributed by atoms with Crippen LogP contribution >= 0.6 is 11.3 Å². The molecule has 1 aliphatic heterocycles. The molecule has 120 valence electrons. The summed E-state index contributed by atoms with van der Waals surface area (Å²) < 4.78 is 0. The molecule has 2 unspecified atom stereocenters. The van der Waals surface area contributed by atoms with E-state index in [2.05, 4.69) is 23.1 Å². The fourth-order valence-electron chi connectivity index (χ4n) is 4.24. The quantitative estimate of drug-likeness (QED) is 0.742. The largest absolute Gasteiger partial charge is 0.335 e. The van der Waals surface area contributed by atoms with Gasteiger partial charge in [0, 0.05) is 22.8 Å². The molecule has 3 heteroatoms. The van der Waals surface area contributed by atoms with Crippen LogP contribution in [0.1, 0.15) is 48.9 Å². The van der Waals surface area contributed by atoms with Crippen LogP contribution in [0, 0.1) is 5.92 Å². The van der Waals surface area contributed by atoms with E-state index in [0.717, 1.165) is 18.0 Å². The molecule has 0 bridgehead atoms. The third kappa shape index (κ3) is 2.94. The molecule has 1 aromatic carbocycles. The van der Waals surface area contributed by atoms with Gasteiger partial charge < -0.3 is 4.90 Å². The second-order valence-corrected chi connectivity index (χ2v) is 7.73. The highest BCUT2D eigenvalue weighted by molar-refractivity contribution is 7.13. The first kappa shape index (κ1) is 14.9. The summed E-state index contributed by atoms with van der Waals surface area (Å²) in [5.41, 5.74) is 2.07. The minimum Gasteiger partial charge on any atom is -0.335 e. The van der Waals surface area contributed by atoms with Crippen LogP contribution in [0.2, 0.25) is 0 Å². The molecule has 2 aliphatic rings. The van der Waals surface area contributed by atoms with Crippen molar-refractivity contribution in [2.45, 2.75) is 44.6 Å². The van der Waals surface area contributed by atoms with Gasteiger partial charge in [0.15, 0.2) is 0 Å². The number of likely N-dealkylation sites (tertiary alicyclic amines) is 1. The second-order valence-electron chi connectivity index (χ2n) is 6.82. The molecule has 0 spiro atoms. The van der Waals surface area contributed by atoms with Crippen LogP contribution in [0.3, 0.4) is 0 Å². The van der Waals surface area contributed by atoms with Crippen molar-refractivity contribution in [3.63, 3.8) is 0 Å². The van der Waals surface area contributed by atoms with E-state index in [4.69, 9.17) is 0 Å². The van der Waals surface area contributed by atoms with Gasteiger partial charge in [0.2, 0.25) is 0 Å². The Morgan fingerprint density at radius 3 is 2.70 bits per heavy atom. The molecular weight excluding hydrogens is 302 g/mol. The number of thiophene rings is 1. The van der Waals surface area contributed by atoms with Crippen molar-refractivity contribution < 1.29 is 4.79 Å². The van der Waals surface area contributed by atoms with E-state index in [1.807, 2.05) is 23.6 Å². The maximum Gasteiger partial charge on any atom is 0.254 e. The number of hydrogen-bond donors (Lipinski definition) is 0. The number of fused-ring (bicyclic) bond motifs is 1. The number of amides is 1. The average Bonchev–Trinajstić information content (AvgIpc) is 3.11. The zero-order valence-electron chi connectivity index (χ0n) is 13.4. The van der Waals surface area contributed by atoms with Gasteiger partial charge in [-0.1, -0.05) is 43.2 Å². The van der Waals surface area contributed by atoms with E-state index in [9.17, 15) is 4.79 Å². The Balaban J connectivity index is 1.56. The Kier molecular flexibility index (Phi) is 4.21. The van der Waals surface area contributed by atoms with E-state index in [1.54, 1.807) is 11.3 Å². The zero-order chi connectivity index (χ0) is 15.6. The van der Waals surface area contributed by atoms with Crippen molar-refractivity contribution in [3.05, 3.63) is 47.3 Å². The SMILES string of the molecule is O=C(c1csc(-c2ccccc2)c1)N1CCCC2CCCCC21. The van der Waals surface area contributed by atoms with Crippen molar-refractivity contribution in [2.75, 3.05) is 6.54 Å². The van der Waals surface area contributed by atoms with Crippen molar-refractivity contribution in [1.29, 1.82) is 0 Å². The molecule has 1 amide bonds. The topological polar surface area (TPSA) is 20.3 Å². The van der Waals surface area contributed by atoms with Crippen LogP contribution in [-0.2, 0) is 0 Å². The molecule has 1 saturated carbocycles. The van der Waals surface area contributed by atoms with Gasteiger partial charge >= 0.3 is 0 Å². The number of carbonyl (C=O) groups is 1. The minimum atomic E-state index is 0.250. The van der Waals surface area contributed by atoms with E-state index in [1.165, 1.54) is 49.0 Å². The van der Waals surface area contributed by atoms with E-state index < -0.39 is 0 Å². The maximum absolute atomic E-state index is 13.0. The Morgan fingerprint density at radius 1 is 1.04 bits per heavy atom. The first-order valence-corrected chi connectivity index (χ1v) is 9.66. The lowest BCUT2D eigenvalue weighted by Gasteiger charge is -2.44. The van der Waals surface area contributed by atoms with E-state index >= 15 is 0 Å². The van der Waals surface area contributed by atoms with Crippen LogP contribution < -0.4 is 0 Å². The predicted molar refractivity (Wildman–Crippen MR) is 95.8 cm³/mol. The second kappa shape index (κ2) is 6.48. The first-order valence-electron chi connectivity index (χ1n) is 8.78. The predicted octanol–water partition coefficient (Wildman–Crippen LogP) is 5.21. The fourth-order valence-corrected chi connectivity index (χ4v) is 5.13. The highest BCUT2D eigenvalue weighted by atomic mass is 32.1.